The Hall–Kier alpha value is -1.40. The van der Waals surface area contributed by atoms with E-state index >= 15 is 0 Å². The fraction of sp³-hybridized carbons (Fsp3) is 0.765. The number of allylic oxidation sites excluding steroid dienone is 1. The molecule has 0 rings (SSSR count). The third-order valence-electron chi connectivity index (χ3n) is 4.07. The van der Waals surface area contributed by atoms with Gasteiger partial charge in [-0.1, -0.05) is 39.3 Å². The van der Waals surface area contributed by atoms with Crippen LogP contribution in [-0.4, -0.2) is 47.1 Å². The molecule has 0 fully saturated rings. The van der Waals surface area contributed by atoms with Crippen LogP contribution in [0.5, 0.6) is 0 Å². The molecule has 0 radical (unpaired) electrons. The largest absolute Gasteiger partial charge is 0.481 e. The first-order valence-corrected chi connectivity index (χ1v) is 7.79. The van der Waals surface area contributed by atoms with Gasteiger partial charge in [0, 0.05) is 5.41 Å². The lowest BCUT2D eigenvalue weighted by atomic mass is 9.84. The summed E-state index contributed by atoms with van der Waals surface area (Å²) >= 11 is 0. The molecule has 134 valence electrons. The van der Waals surface area contributed by atoms with Crippen molar-refractivity contribution >= 4 is 11.9 Å². The van der Waals surface area contributed by atoms with Crippen LogP contribution in [-0.2, 0) is 14.3 Å². The van der Waals surface area contributed by atoms with Crippen LogP contribution >= 0.6 is 0 Å². The zero-order valence-corrected chi connectivity index (χ0v) is 14.8. The van der Waals surface area contributed by atoms with Gasteiger partial charge in [0.15, 0.2) is 0 Å². The van der Waals surface area contributed by atoms with E-state index in [0.29, 0.717) is 5.57 Å². The highest BCUT2D eigenvalue weighted by atomic mass is 16.5. The van der Waals surface area contributed by atoms with Gasteiger partial charge < -0.3 is 20.1 Å². The van der Waals surface area contributed by atoms with E-state index in [1.54, 1.807) is 13.8 Å². The summed E-state index contributed by atoms with van der Waals surface area (Å²) in [6.07, 6.45) is 2.40. The van der Waals surface area contributed by atoms with Crippen LogP contribution in [0.25, 0.3) is 0 Å². The minimum absolute atomic E-state index is 0.147. The molecule has 0 aromatic carbocycles. The Labute approximate surface area is 138 Å². The minimum atomic E-state index is -1.08. The van der Waals surface area contributed by atoms with Gasteiger partial charge in [0.25, 0.3) is 0 Å². The van der Waals surface area contributed by atoms with Crippen molar-refractivity contribution in [1.29, 1.82) is 0 Å². The number of carbonyl (C=O) groups is 2. The molecule has 0 aromatic heterocycles. The minimum Gasteiger partial charge on any atom is -0.481 e. The molecule has 0 spiro atoms. The molecule has 23 heavy (non-hydrogen) atoms. The van der Waals surface area contributed by atoms with Gasteiger partial charge >= 0.3 is 11.9 Å². The maximum absolute atomic E-state index is 12.3. The smallest absolute Gasteiger partial charge is 0.313 e. The van der Waals surface area contributed by atoms with Gasteiger partial charge in [-0.15, -0.1) is 0 Å². The standard InChI is InChI=1S/C17H30O6/c1-6-16(3,4)8-12(2)13(7-14(20)21)15(22)23-11-17(5,9-18)10-19/h8,13,18-19H,6-7,9-11H2,1-5H3,(H,20,21)/b12-8+. The van der Waals surface area contributed by atoms with Gasteiger partial charge in [-0.3, -0.25) is 9.59 Å². The molecule has 0 amide bonds. The monoisotopic (exact) mass is 330 g/mol. The maximum atomic E-state index is 12.3. The van der Waals surface area contributed by atoms with Crippen molar-refractivity contribution in [3.63, 3.8) is 0 Å². The number of rotatable bonds is 10. The van der Waals surface area contributed by atoms with E-state index in [1.807, 2.05) is 26.8 Å². The van der Waals surface area contributed by atoms with Crippen molar-refractivity contribution < 1.29 is 29.6 Å². The second-order valence-corrected chi connectivity index (χ2v) is 7.12. The molecular weight excluding hydrogens is 300 g/mol. The second-order valence-electron chi connectivity index (χ2n) is 7.12. The molecule has 1 atom stereocenters. The second kappa shape index (κ2) is 9.03. The normalized spacial score (nSPS) is 14.5. The Balaban J connectivity index is 5.18. The SMILES string of the molecule is CCC(C)(C)/C=C(\C)C(CC(=O)O)C(=O)OCC(C)(CO)CO. The summed E-state index contributed by atoms with van der Waals surface area (Å²) in [6.45, 7) is 8.50. The Bertz CT molecular complexity index is 434. The van der Waals surface area contributed by atoms with Crippen molar-refractivity contribution in [3.05, 3.63) is 11.6 Å². The van der Waals surface area contributed by atoms with Gasteiger partial charge in [-0.25, -0.2) is 0 Å². The quantitative estimate of drug-likeness (QED) is 0.418. The van der Waals surface area contributed by atoms with Crippen LogP contribution in [0.3, 0.4) is 0 Å². The molecule has 3 N–H and O–H groups in total. The molecule has 1 unspecified atom stereocenters. The van der Waals surface area contributed by atoms with E-state index in [0.717, 1.165) is 6.42 Å². The lowest BCUT2D eigenvalue weighted by Crippen LogP contribution is -2.34. The molecule has 0 saturated heterocycles. The number of carboxylic acid groups (broad SMARTS) is 1. The summed E-state index contributed by atoms with van der Waals surface area (Å²) in [5.74, 6) is -2.61. The Morgan fingerprint density at radius 2 is 1.70 bits per heavy atom. The summed E-state index contributed by atoms with van der Waals surface area (Å²) in [5, 5.41) is 27.5. The van der Waals surface area contributed by atoms with Crippen LogP contribution < -0.4 is 0 Å². The predicted octanol–water partition coefficient (Wildman–Crippen LogP) is 1.99. The Morgan fingerprint density at radius 1 is 1.17 bits per heavy atom. The Kier molecular flexibility index (Phi) is 8.48. The molecule has 0 aliphatic heterocycles. The maximum Gasteiger partial charge on any atom is 0.313 e. The average molecular weight is 330 g/mol. The number of aliphatic carboxylic acids is 1. The lowest BCUT2D eigenvalue weighted by molar-refractivity contribution is -0.155. The number of aliphatic hydroxyl groups is 2. The van der Waals surface area contributed by atoms with E-state index < -0.39 is 23.3 Å². The van der Waals surface area contributed by atoms with E-state index in [1.165, 1.54) is 0 Å². The average Bonchev–Trinajstić information content (AvgIpc) is 2.49. The van der Waals surface area contributed by atoms with Gasteiger partial charge in [-0.2, -0.15) is 0 Å². The molecule has 6 nitrogen and oxygen atoms in total. The highest BCUT2D eigenvalue weighted by Gasteiger charge is 2.30. The van der Waals surface area contributed by atoms with Crippen LogP contribution in [0.4, 0.5) is 0 Å². The first kappa shape index (κ1) is 21.6. The summed E-state index contributed by atoms with van der Waals surface area (Å²) in [4.78, 5) is 23.3. The fourth-order valence-corrected chi connectivity index (χ4v) is 1.91. The van der Waals surface area contributed by atoms with Crippen molar-refractivity contribution in [3.8, 4) is 0 Å². The van der Waals surface area contributed by atoms with E-state index in [9.17, 15) is 19.8 Å². The van der Waals surface area contributed by atoms with E-state index in [-0.39, 0.29) is 31.7 Å². The van der Waals surface area contributed by atoms with Gasteiger partial charge in [0.05, 0.1) is 25.6 Å². The number of hydrogen-bond donors (Lipinski definition) is 3. The third-order valence-corrected chi connectivity index (χ3v) is 4.07. The van der Waals surface area contributed by atoms with Crippen molar-refractivity contribution in [1.82, 2.24) is 0 Å². The number of ether oxygens (including phenoxy) is 1. The fourth-order valence-electron chi connectivity index (χ4n) is 1.91. The van der Waals surface area contributed by atoms with Crippen LogP contribution in [0, 0.1) is 16.7 Å². The molecule has 6 heteroatoms. The van der Waals surface area contributed by atoms with Crippen molar-refractivity contribution in [2.45, 2.75) is 47.5 Å². The van der Waals surface area contributed by atoms with Crippen LogP contribution in [0.2, 0.25) is 0 Å². The Morgan fingerprint density at radius 3 is 2.09 bits per heavy atom. The van der Waals surface area contributed by atoms with Crippen LogP contribution in [0.1, 0.15) is 47.5 Å². The highest BCUT2D eigenvalue weighted by molar-refractivity contribution is 5.81. The summed E-state index contributed by atoms with van der Waals surface area (Å²) in [6, 6.07) is 0. The number of esters is 1. The first-order chi connectivity index (χ1) is 10.5. The van der Waals surface area contributed by atoms with Gasteiger partial charge in [0.1, 0.15) is 6.61 Å². The topological polar surface area (TPSA) is 104 Å². The predicted molar refractivity (Wildman–Crippen MR) is 86.8 cm³/mol. The number of hydrogen-bond acceptors (Lipinski definition) is 5. The summed E-state index contributed by atoms with van der Waals surface area (Å²) < 4.78 is 5.16. The van der Waals surface area contributed by atoms with Gasteiger partial charge in [0.2, 0.25) is 0 Å². The summed E-state index contributed by atoms with van der Waals surface area (Å²) in [7, 11) is 0. The molecule has 0 aromatic rings. The van der Waals surface area contributed by atoms with Crippen LogP contribution in [0.15, 0.2) is 11.6 Å². The highest BCUT2D eigenvalue weighted by Crippen LogP contribution is 2.28. The van der Waals surface area contributed by atoms with Crippen molar-refractivity contribution in [2.24, 2.45) is 16.7 Å². The number of aliphatic hydroxyl groups excluding tert-OH is 2. The van der Waals surface area contributed by atoms with Crippen molar-refractivity contribution in [2.75, 3.05) is 19.8 Å². The number of carboxylic acids is 1. The van der Waals surface area contributed by atoms with E-state index in [4.69, 9.17) is 9.84 Å². The first-order valence-electron chi connectivity index (χ1n) is 7.79. The number of carbonyl (C=O) groups excluding carboxylic acids is 1. The van der Waals surface area contributed by atoms with E-state index in [2.05, 4.69) is 0 Å². The zero-order valence-electron chi connectivity index (χ0n) is 14.8. The van der Waals surface area contributed by atoms with Gasteiger partial charge in [-0.05, 0) is 18.8 Å². The molecule has 0 bridgehead atoms. The zero-order chi connectivity index (χ0) is 18.3. The molecule has 0 aliphatic carbocycles. The third kappa shape index (κ3) is 7.61. The molecule has 0 saturated carbocycles. The molecular formula is C17H30O6. The lowest BCUT2D eigenvalue weighted by Gasteiger charge is -2.26. The summed E-state index contributed by atoms with van der Waals surface area (Å²) in [5.41, 5.74) is -0.436. The molecule has 0 heterocycles. The molecule has 0 aliphatic rings.